The Morgan fingerprint density at radius 1 is 1.16 bits per heavy atom. The molecule has 1 aromatic heterocycles. The summed E-state index contributed by atoms with van der Waals surface area (Å²) in [5.41, 5.74) is 7.62. The van der Waals surface area contributed by atoms with Gasteiger partial charge in [-0.05, 0) is 25.0 Å². The molecule has 0 amide bonds. The predicted molar refractivity (Wildman–Crippen MR) is 77.6 cm³/mol. The highest BCUT2D eigenvalue weighted by Gasteiger charge is 2.05. The Hall–Kier alpha value is -1.81. The van der Waals surface area contributed by atoms with Gasteiger partial charge in [-0.2, -0.15) is 0 Å². The molecule has 0 unspecified atom stereocenters. The van der Waals surface area contributed by atoms with Gasteiger partial charge in [-0.1, -0.05) is 25.0 Å². The molecule has 0 fully saturated rings. The lowest BCUT2D eigenvalue weighted by Crippen LogP contribution is -2.00. The number of rotatable bonds is 7. The standard InChI is InChI=1S/C15H21N3O/c16-14-7-5-6-13(12-14)15-17-8-10-18(15)9-3-1-2-4-11-19/h5-8,10,12,19H,1-4,9,11,16H2. The van der Waals surface area contributed by atoms with Gasteiger partial charge in [0.15, 0.2) is 0 Å². The average Bonchev–Trinajstić information content (AvgIpc) is 2.87. The number of nitrogen functional groups attached to an aromatic ring is 1. The summed E-state index contributed by atoms with van der Waals surface area (Å²) < 4.78 is 2.16. The van der Waals surface area contributed by atoms with E-state index in [1.54, 1.807) is 0 Å². The van der Waals surface area contributed by atoms with Crippen LogP contribution in [0.25, 0.3) is 11.4 Å². The quantitative estimate of drug-likeness (QED) is 0.593. The van der Waals surface area contributed by atoms with Crippen LogP contribution in [0.3, 0.4) is 0 Å². The van der Waals surface area contributed by atoms with Crippen molar-refractivity contribution < 1.29 is 5.11 Å². The fourth-order valence-electron chi connectivity index (χ4n) is 2.18. The molecule has 0 aliphatic rings. The van der Waals surface area contributed by atoms with Crippen LogP contribution in [-0.4, -0.2) is 21.3 Å². The second-order valence-electron chi connectivity index (χ2n) is 4.71. The maximum absolute atomic E-state index is 8.74. The van der Waals surface area contributed by atoms with Gasteiger partial charge in [0.25, 0.3) is 0 Å². The van der Waals surface area contributed by atoms with Crippen molar-refractivity contribution in [3.8, 4) is 11.4 Å². The number of aliphatic hydroxyl groups excluding tert-OH is 1. The van der Waals surface area contributed by atoms with Crippen molar-refractivity contribution in [2.75, 3.05) is 12.3 Å². The molecule has 2 aromatic rings. The van der Waals surface area contributed by atoms with Crippen molar-refractivity contribution >= 4 is 5.69 Å². The Bertz CT molecular complexity index is 508. The van der Waals surface area contributed by atoms with Gasteiger partial charge in [-0.3, -0.25) is 0 Å². The summed E-state index contributed by atoms with van der Waals surface area (Å²) in [6.07, 6.45) is 8.04. The van der Waals surface area contributed by atoms with Gasteiger partial charge in [-0.15, -0.1) is 0 Å². The van der Waals surface area contributed by atoms with Gasteiger partial charge in [0.05, 0.1) is 0 Å². The first-order valence-electron chi connectivity index (χ1n) is 6.79. The Labute approximate surface area is 113 Å². The summed E-state index contributed by atoms with van der Waals surface area (Å²) in [4.78, 5) is 4.41. The molecular formula is C15H21N3O. The molecule has 0 saturated heterocycles. The minimum Gasteiger partial charge on any atom is -0.399 e. The molecule has 3 N–H and O–H groups in total. The van der Waals surface area contributed by atoms with Gasteiger partial charge < -0.3 is 15.4 Å². The minimum atomic E-state index is 0.291. The molecule has 0 aliphatic heterocycles. The van der Waals surface area contributed by atoms with E-state index < -0.39 is 0 Å². The number of imidazole rings is 1. The summed E-state index contributed by atoms with van der Waals surface area (Å²) in [6.45, 7) is 1.25. The second kappa shape index (κ2) is 6.95. The van der Waals surface area contributed by atoms with E-state index in [4.69, 9.17) is 10.8 Å². The number of anilines is 1. The van der Waals surface area contributed by atoms with Crippen LogP contribution in [0.1, 0.15) is 25.7 Å². The van der Waals surface area contributed by atoms with Crippen molar-refractivity contribution in [1.82, 2.24) is 9.55 Å². The zero-order chi connectivity index (χ0) is 13.5. The molecule has 0 saturated carbocycles. The number of aliphatic hydroxyl groups is 1. The number of hydrogen-bond donors (Lipinski definition) is 2. The smallest absolute Gasteiger partial charge is 0.139 e. The second-order valence-corrected chi connectivity index (χ2v) is 4.71. The third-order valence-electron chi connectivity index (χ3n) is 3.17. The van der Waals surface area contributed by atoms with Gasteiger partial charge >= 0.3 is 0 Å². The summed E-state index contributed by atoms with van der Waals surface area (Å²) in [6, 6.07) is 7.81. The molecular weight excluding hydrogens is 238 g/mol. The van der Waals surface area contributed by atoms with Gasteiger partial charge in [0.1, 0.15) is 5.82 Å². The third-order valence-corrected chi connectivity index (χ3v) is 3.17. The number of hydrogen-bond acceptors (Lipinski definition) is 3. The molecule has 102 valence electrons. The normalized spacial score (nSPS) is 10.8. The van der Waals surface area contributed by atoms with Crippen molar-refractivity contribution in [3.05, 3.63) is 36.7 Å². The molecule has 2 rings (SSSR count). The lowest BCUT2D eigenvalue weighted by atomic mass is 10.1. The van der Waals surface area contributed by atoms with E-state index in [0.29, 0.717) is 6.61 Å². The van der Waals surface area contributed by atoms with Crippen LogP contribution in [0.15, 0.2) is 36.7 Å². The lowest BCUT2D eigenvalue weighted by molar-refractivity contribution is 0.282. The van der Waals surface area contributed by atoms with Gasteiger partial charge in [-0.25, -0.2) is 4.98 Å². The fourth-order valence-corrected chi connectivity index (χ4v) is 2.18. The van der Waals surface area contributed by atoms with Crippen LogP contribution in [0, 0.1) is 0 Å². The highest BCUT2D eigenvalue weighted by atomic mass is 16.2. The number of aryl methyl sites for hydroxylation is 1. The molecule has 19 heavy (non-hydrogen) atoms. The van der Waals surface area contributed by atoms with Crippen LogP contribution in [0.2, 0.25) is 0 Å². The first-order valence-corrected chi connectivity index (χ1v) is 6.79. The monoisotopic (exact) mass is 259 g/mol. The Morgan fingerprint density at radius 3 is 2.79 bits per heavy atom. The Kier molecular flexibility index (Phi) is 4.98. The highest BCUT2D eigenvalue weighted by molar-refractivity contribution is 5.61. The summed E-state index contributed by atoms with van der Waals surface area (Å²) in [5, 5.41) is 8.74. The summed E-state index contributed by atoms with van der Waals surface area (Å²) in [7, 11) is 0. The molecule has 4 heteroatoms. The minimum absolute atomic E-state index is 0.291. The number of unbranched alkanes of at least 4 members (excludes halogenated alkanes) is 3. The van der Waals surface area contributed by atoms with E-state index in [-0.39, 0.29) is 0 Å². The van der Waals surface area contributed by atoms with Crippen molar-refractivity contribution in [1.29, 1.82) is 0 Å². The SMILES string of the molecule is Nc1cccc(-c2nccn2CCCCCCO)c1. The number of nitrogens with zero attached hydrogens (tertiary/aromatic N) is 2. The largest absolute Gasteiger partial charge is 0.399 e. The molecule has 4 nitrogen and oxygen atoms in total. The topological polar surface area (TPSA) is 64.1 Å². The van der Waals surface area contributed by atoms with E-state index >= 15 is 0 Å². The van der Waals surface area contributed by atoms with Crippen molar-refractivity contribution in [2.24, 2.45) is 0 Å². The van der Waals surface area contributed by atoms with Crippen molar-refractivity contribution in [2.45, 2.75) is 32.2 Å². The first-order chi connectivity index (χ1) is 9.31. The first kappa shape index (κ1) is 13.6. The van der Waals surface area contributed by atoms with E-state index in [9.17, 15) is 0 Å². The van der Waals surface area contributed by atoms with Crippen LogP contribution >= 0.6 is 0 Å². The lowest BCUT2D eigenvalue weighted by Gasteiger charge is -2.08. The molecule has 1 aromatic carbocycles. The van der Waals surface area contributed by atoms with Crippen LogP contribution in [0.4, 0.5) is 5.69 Å². The average molecular weight is 259 g/mol. The molecule has 1 heterocycles. The predicted octanol–water partition coefficient (Wildman–Crippen LogP) is 2.69. The Balaban J connectivity index is 1.98. The Morgan fingerprint density at radius 2 is 2.00 bits per heavy atom. The van der Waals surface area contributed by atoms with Crippen molar-refractivity contribution in [3.63, 3.8) is 0 Å². The molecule has 0 aliphatic carbocycles. The van der Waals surface area contributed by atoms with Gasteiger partial charge in [0.2, 0.25) is 0 Å². The molecule has 0 bridgehead atoms. The highest BCUT2D eigenvalue weighted by Crippen LogP contribution is 2.20. The van der Waals surface area contributed by atoms with Crippen LogP contribution in [0.5, 0.6) is 0 Å². The van der Waals surface area contributed by atoms with Gasteiger partial charge in [0, 0.05) is 36.8 Å². The summed E-state index contributed by atoms with van der Waals surface area (Å²) >= 11 is 0. The van der Waals surface area contributed by atoms with E-state index in [2.05, 4.69) is 9.55 Å². The van der Waals surface area contributed by atoms with E-state index in [1.807, 2.05) is 36.7 Å². The van der Waals surface area contributed by atoms with E-state index in [0.717, 1.165) is 49.3 Å². The molecule has 0 atom stereocenters. The summed E-state index contributed by atoms with van der Waals surface area (Å²) in [5.74, 6) is 0.967. The fraction of sp³-hybridized carbons (Fsp3) is 0.400. The number of nitrogens with two attached hydrogens (primary N) is 1. The van der Waals surface area contributed by atoms with E-state index in [1.165, 1.54) is 0 Å². The number of benzene rings is 1. The zero-order valence-electron chi connectivity index (χ0n) is 11.1. The molecule has 0 radical (unpaired) electrons. The maximum Gasteiger partial charge on any atom is 0.139 e. The molecule has 0 spiro atoms. The van der Waals surface area contributed by atoms with Crippen LogP contribution in [-0.2, 0) is 6.54 Å². The number of aromatic nitrogens is 2. The third kappa shape index (κ3) is 3.83. The van der Waals surface area contributed by atoms with Crippen LogP contribution < -0.4 is 5.73 Å². The maximum atomic E-state index is 8.74. The zero-order valence-corrected chi connectivity index (χ0v) is 11.1.